The number of hydrogen-bond acceptors (Lipinski definition) is 7. The van der Waals surface area contributed by atoms with Gasteiger partial charge in [0.05, 0.1) is 12.7 Å². The van der Waals surface area contributed by atoms with Gasteiger partial charge >= 0.3 is 19.8 Å². The van der Waals surface area contributed by atoms with E-state index in [1.807, 2.05) is 18.2 Å². The molecule has 0 fully saturated rings. The van der Waals surface area contributed by atoms with Gasteiger partial charge < -0.3 is 24.4 Å². The van der Waals surface area contributed by atoms with Crippen molar-refractivity contribution in [2.75, 3.05) is 13.2 Å². The Morgan fingerprint density at radius 3 is 1.86 bits per heavy atom. The van der Waals surface area contributed by atoms with Crippen molar-refractivity contribution in [3.05, 3.63) is 60.8 Å². The van der Waals surface area contributed by atoms with Crippen molar-refractivity contribution in [3.63, 3.8) is 0 Å². The molecule has 282 valence electrons. The van der Waals surface area contributed by atoms with Crippen LogP contribution in [-0.2, 0) is 28.2 Å². The minimum Gasteiger partial charge on any atom is -0.462 e. The fraction of sp³-hybridized carbons (Fsp3) is 0.692. The quantitative estimate of drug-likeness (QED) is 0.0200. The number of esters is 2. The predicted molar refractivity (Wildman–Crippen MR) is 199 cm³/mol. The van der Waals surface area contributed by atoms with E-state index >= 15 is 0 Å². The summed E-state index contributed by atoms with van der Waals surface area (Å²) in [4.78, 5) is 42.7. The molecule has 0 rings (SSSR count). The Labute approximate surface area is 297 Å². The van der Waals surface area contributed by atoms with E-state index in [0.29, 0.717) is 19.3 Å². The van der Waals surface area contributed by atoms with Crippen LogP contribution in [0.2, 0.25) is 0 Å². The predicted octanol–water partition coefficient (Wildman–Crippen LogP) is 9.92. The van der Waals surface area contributed by atoms with E-state index in [-0.39, 0.29) is 19.4 Å². The van der Waals surface area contributed by atoms with Gasteiger partial charge in [0.2, 0.25) is 0 Å². The lowest BCUT2D eigenvalue weighted by atomic mass is 10.1. The summed E-state index contributed by atoms with van der Waals surface area (Å²) in [5.74, 6) is -0.985. The third kappa shape index (κ3) is 36.8. The Hall–Kier alpha value is -2.29. The summed E-state index contributed by atoms with van der Waals surface area (Å²) in [6, 6.07) is 0. The van der Waals surface area contributed by atoms with Gasteiger partial charge in [0.1, 0.15) is 6.61 Å². The molecule has 0 aliphatic carbocycles. The summed E-state index contributed by atoms with van der Waals surface area (Å²) < 4.78 is 26.2. The van der Waals surface area contributed by atoms with Gasteiger partial charge in [-0.2, -0.15) is 0 Å². The standard InChI is InChI=1S/C39H67O9P/c1-3-5-7-9-11-12-13-14-15-16-17-18-20-24-29-33-39(42)48-37(35-47-49(43,44)45)34-46-38(41)32-28-25-21-23-27-31-36(40)30-26-22-19-10-8-6-4-2/h6,8,12-15,19,22,26,30,36-37,40H,3-5,7,9-11,16-18,20-21,23-25,27-29,31-35H2,1-2H3,(H2,43,44,45)/b8-6+,13-12-,15-14-,22-19+,30-26+/t36?,37-/m1/s1. The van der Waals surface area contributed by atoms with Crippen LogP contribution in [-0.4, -0.2) is 52.3 Å². The Balaban J connectivity index is 4.11. The highest BCUT2D eigenvalue weighted by Gasteiger charge is 2.22. The summed E-state index contributed by atoms with van der Waals surface area (Å²) in [6.45, 7) is 3.42. The molecule has 0 aliphatic rings. The van der Waals surface area contributed by atoms with Gasteiger partial charge in [-0.15, -0.1) is 0 Å². The summed E-state index contributed by atoms with van der Waals surface area (Å²) in [7, 11) is -4.78. The molecule has 0 saturated carbocycles. The Bertz CT molecular complexity index is 996. The Morgan fingerprint density at radius 2 is 1.22 bits per heavy atom. The van der Waals surface area contributed by atoms with E-state index in [9.17, 15) is 19.3 Å². The lowest BCUT2D eigenvalue weighted by Crippen LogP contribution is -2.29. The van der Waals surface area contributed by atoms with Crippen molar-refractivity contribution in [3.8, 4) is 0 Å². The maximum Gasteiger partial charge on any atom is 0.469 e. The second-order valence-electron chi connectivity index (χ2n) is 12.4. The number of allylic oxidation sites excluding steroid dienone is 9. The van der Waals surface area contributed by atoms with Gasteiger partial charge in [0, 0.05) is 12.8 Å². The van der Waals surface area contributed by atoms with Gasteiger partial charge in [-0.1, -0.05) is 139 Å². The highest BCUT2D eigenvalue weighted by Crippen LogP contribution is 2.36. The van der Waals surface area contributed by atoms with E-state index in [4.69, 9.17) is 19.3 Å². The Morgan fingerprint density at radius 1 is 0.653 bits per heavy atom. The molecule has 3 N–H and O–H groups in total. The molecular formula is C39H67O9P. The van der Waals surface area contributed by atoms with Crippen molar-refractivity contribution in [1.82, 2.24) is 0 Å². The molecule has 0 aliphatic heterocycles. The fourth-order valence-corrected chi connectivity index (χ4v) is 5.20. The molecule has 0 amide bonds. The van der Waals surface area contributed by atoms with E-state index in [2.05, 4.69) is 54.8 Å². The van der Waals surface area contributed by atoms with Crippen LogP contribution in [0.15, 0.2) is 60.8 Å². The van der Waals surface area contributed by atoms with Crippen LogP contribution in [0, 0.1) is 0 Å². The summed E-state index contributed by atoms with van der Waals surface area (Å²) in [5, 5.41) is 10.1. The van der Waals surface area contributed by atoms with Crippen LogP contribution >= 0.6 is 7.82 Å². The average molecular weight is 711 g/mol. The molecule has 0 aromatic rings. The third-order valence-corrected chi connectivity index (χ3v) is 8.14. The van der Waals surface area contributed by atoms with Crippen molar-refractivity contribution < 1.29 is 43.0 Å². The maximum atomic E-state index is 12.4. The van der Waals surface area contributed by atoms with Gasteiger partial charge in [-0.25, -0.2) is 4.57 Å². The van der Waals surface area contributed by atoms with Gasteiger partial charge in [0.25, 0.3) is 0 Å². The van der Waals surface area contributed by atoms with Crippen molar-refractivity contribution in [2.45, 2.75) is 161 Å². The fourth-order valence-electron chi connectivity index (χ4n) is 4.84. The van der Waals surface area contributed by atoms with Crippen LogP contribution in [0.3, 0.4) is 0 Å². The number of carbonyl (C=O) groups excluding carboxylic acids is 2. The third-order valence-electron chi connectivity index (χ3n) is 7.65. The van der Waals surface area contributed by atoms with Crippen LogP contribution in [0.5, 0.6) is 0 Å². The molecule has 0 bridgehead atoms. The molecule has 0 radical (unpaired) electrons. The van der Waals surface area contributed by atoms with Crippen molar-refractivity contribution >= 4 is 19.8 Å². The van der Waals surface area contributed by atoms with Gasteiger partial charge in [-0.3, -0.25) is 14.1 Å². The highest BCUT2D eigenvalue weighted by atomic mass is 31.2. The molecule has 1 unspecified atom stereocenters. The lowest BCUT2D eigenvalue weighted by Gasteiger charge is -2.18. The summed E-state index contributed by atoms with van der Waals surface area (Å²) >= 11 is 0. The second-order valence-corrected chi connectivity index (χ2v) is 13.6. The molecule has 0 aromatic carbocycles. The number of ether oxygens (including phenoxy) is 2. The second kappa shape index (κ2) is 34.2. The molecule has 9 nitrogen and oxygen atoms in total. The zero-order valence-electron chi connectivity index (χ0n) is 30.4. The van der Waals surface area contributed by atoms with Crippen LogP contribution in [0.1, 0.15) is 149 Å². The van der Waals surface area contributed by atoms with E-state index < -0.39 is 38.6 Å². The van der Waals surface area contributed by atoms with Crippen LogP contribution in [0.25, 0.3) is 0 Å². The van der Waals surface area contributed by atoms with Gasteiger partial charge in [0.15, 0.2) is 6.10 Å². The number of aliphatic hydroxyl groups is 1. The SMILES string of the molecule is CC/C=C/C/C=C/C=C/C(O)CCCCCCCC(=O)OC[C@H](COP(=O)(O)O)OC(=O)CCCCCCC/C=C\C=C/CCCCCC. The number of phosphoric acid groups is 1. The first-order valence-electron chi connectivity index (χ1n) is 18.7. The largest absolute Gasteiger partial charge is 0.469 e. The molecule has 0 spiro atoms. The zero-order chi connectivity index (χ0) is 36.3. The number of rotatable bonds is 33. The van der Waals surface area contributed by atoms with Crippen molar-refractivity contribution in [1.29, 1.82) is 0 Å². The number of hydrogen-bond donors (Lipinski definition) is 3. The number of phosphoric ester groups is 1. The number of aliphatic hydroxyl groups excluding tert-OH is 1. The number of carbonyl (C=O) groups is 2. The van der Waals surface area contributed by atoms with Crippen LogP contribution < -0.4 is 0 Å². The molecule has 10 heteroatoms. The monoisotopic (exact) mass is 710 g/mol. The molecular weight excluding hydrogens is 643 g/mol. The summed E-state index contributed by atoms with van der Waals surface area (Å²) in [6.07, 6.45) is 38.2. The molecule has 0 aromatic heterocycles. The minimum atomic E-state index is -4.78. The topological polar surface area (TPSA) is 140 Å². The lowest BCUT2D eigenvalue weighted by molar-refractivity contribution is -0.161. The first-order valence-corrected chi connectivity index (χ1v) is 20.2. The van der Waals surface area contributed by atoms with E-state index in [0.717, 1.165) is 77.0 Å². The normalized spacial score (nSPS) is 13.8. The maximum absolute atomic E-state index is 12.4. The van der Waals surface area contributed by atoms with Gasteiger partial charge in [-0.05, 0) is 57.8 Å². The number of unbranched alkanes of at least 4 members (excludes halogenated alkanes) is 13. The first kappa shape index (κ1) is 46.7. The summed E-state index contributed by atoms with van der Waals surface area (Å²) in [5.41, 5.74) is 0. The average Bonchev–Trinajstić information content (AvgIpc) is 3.06. The first-order chi connectivity index (χ1) is 23.7. The molecule has 0 saturated heterocycles. The molecule has 0 heterocycles. The Kier molecular flexibility index (Phi) is 32.6. The smallest absolute Gasteiger partial charge is 0.462 e. The van der Waals surface area contributed by atoms with Crippen LogP contribution in [0.4, 0.5) is 0 Å². The van der Waals surface area contributed by atoms with E-state index in [1.165, 1.54) is 25.7 Å². The highest BCUT2D eigenvalue weighted by molar-refractivity contribution is 7.46. The van der Waals surface area contributed by atoms with E-state index in [1.54, 1.807) is 6.08 Å². The van der Waals surface area contributed by atoms with Crippen molar-refractivity contribution in [2.24, 2.45) is 0 Å². The molecule has 49 heavy (non-hydrogen) atoms. The molecule has 2 atom stereocenters. The minimum absolute atomic E-state index is 0.171. The zero-order valence-corrected chi connectivity index (χ0v) is 31.3.